The predicted molar refractivity (Wildman–Crippen MR) is 164 cm³/mol. The maximum absolute atomic E-state index is 6.96. The second kappa shape index (κ2) is 15.4. The molecule has 6 aromatic rings. The van der Waals surface area contributed by atoms with Crippen LogP contribution < -0.4 is 9.64 Å². The largest absolute Gasteiger partial charge is 4.00 e. The first-order valence-electron chi connectivity index (χ1n) is 13.2. The number of hydrogen-bond acceptors (Lipinski definition) is 4. The van der Waals surface area contributed by atoms with Crippen molar-refractivity contribution in [3.63, 3.8) is 0 Å². The predicted octanol–water partition coefficient (Wildman–Crippen LogP) is 7.58. The summed E-state index contributed by atoms with van der Waals surface area (Å²) < 4.78 is 7.69. The van der Waals surface area contributed by atoms with Crippen LogP contribution in [0.5, 0.6) is 11.5 Å². The molecule has 1 aliphatic heterocycles. The average Bonchev–Trinajstić information content (AvgIpc) is 3.68. The van der Waals surface area contributed by atoms with E-state index in [9.17, 15) is 0 Å². The van der Waals surface area contributed by atoms with Gasteiger partial charge in [0.05, 0.1) is 5.52 Å². The third kappa shape index (κ3) is 7.77. The van der Waals surface area contributed by atoms with Crippen molar-refractivity contribution in [3.05, 3.63) is 159 Å². The average molecular weight is 930 g/mol. The van der Waals surface area contributed by atoms with Gasteiger partial charge in [-0.1, -0.05) is 23.9 Å². The Kier molecular flexibility index (Phi) is 11.4. The Bertz CT molecular complexity index is 1900. The summed E-state index contributed by atoms with van der Waals surface area (Å²) in [4.78, 5) is 8.39. The molecule has 2 aromatic heterocycles. The molecule has 0 saturated carbocycles. The molecule has 0 aliphatic carbocycles. The maximum atomic E-state index is 6.96. The van der Waals surface area contributed by atoms with Crippen molar-refractivity contribution in [1.29, 1.82) is 0 Å². The molecule has 4 aromatic carbocycles. The zero-order valence-corrected chi connectivity index (χ0v) is 27.9. The summed E-state index contributed by atoms with van der Waals surface area (Å²) in [7, 11) is 1.98. The Morgan fingerprint density at radius 2 is 1.66 bits per heavy atom. The van der Waals surface area contributed by atoms with Gasteiger partial charge < -0.3 is 42.1 Å². The van der Waals surface area contributed by atoms with Gasteiger partial charge in [-0.25, -0.2) is 23.2 Å². The van der Waals surface area contributed by atoms with Crippen LogP contribution in [0.1, 0.15) is 0 Å². The van der Waals surface area contributed by atoms with Crippen molar-refractivity contribution in [3.8, 4) is 39.9 Å². The minimum Gasteiger partial charge on any atom is -0.669 e. The molecular weight excluding hydrogens is 907 g/mol. The van der Waals surface area contributed by atoms with Gasteiger partial charge in [-0.05, 0) is 37.8 Å². The van der Waals surface area contributed by atoms with Crippen molar-refractivity contribution >= 4 is 16.6 Å². The van der Waals surface area contributed by atoms with E-state index in [1.807, 2.05) is 127 Å². The van der Waals surface area contributed by atoms with Crippen LogP contribution in [0.2, 0.25) is 0 Å². The van der Waals surface area contributed by atoms with E-state index in [0.717, 1.165) is 27.7 Å². The Labute approximate surface area is 287 Å². The second-order valence-corrected chi connectivity index (χ2v) is 9.30. The fraction of sp³-hybridized carbons (Fsp3) is 0.0270. The summed E-state index contributed by atoms with van der Waals surface area (Å²) in [6, 6.07) is 47.6. The van der Waals surface area contributed by atoms with Crippen molar-refractivity contribution in [2.24, 2.45) is 0 Å². The second-order valence-electron chi connectivity index (χ2n) is 9.30. The van der Waals surface area contributed by atoms with Crippen LogP contribution in [0.4, 0.5) is 5.69 Å². The van der Waals surface area contributed by atoms with Crippen LogP contribution in [-0.4, -0.2) is 21.5 Å². The number of nitrogens with zero attached hydrogens (tertiary/aromatic N) is 4. The summed E-state index contributed by atoms with van der Waals surface area (Å²) in [5.41, 5.74) is 5.13. The molecule has 44 heavy (non-hydrogen) atoms. The fourth-order valence-electron chi connectivity index (χ4n) is 4.36. The van der Waals surface area contributed by atoms with Gasteiger partial charge in [0.15, 0.2) is 0 Å². The van der Waals surface area contributed by atoms with Crippen molar-refractivity contribution in [2.45, 2.75) is 0 Å². The first kappa shape index (κ1) is 32.6. The van der Waals surface area contributed by atoms with Gasteiger partial charge >= 0.3 is 21.1 Å². The maximum Gasteiger partial charge on any atom is 4.00 e. The van der Waals surface area contributed by atoms with Crippen LogP contribution in [-0.2, 0) is 42.1 Å². The number of fused-ring (bicyclic) bond motifs is 1. The molecule has 1 aliphatic rings. The van der Waals surface area contributed by atoms with E-state index >= 15 is 0 Å². The number of rotatable bonds is 5. The fourth-order valence-corrected chi connectivity index (χ4v) is 4.36. The standard InChI is InChI=1S/C27H17N3O.C10H6N.2Pt/c1-29-15-16-30(20-29)24-10-6-12-26(19-24)31-25-11-5-9-23(17-25)27-18-22(13-14-28-27)21-7-3-2-4-8-21;1-2-11-8-7-9-5-3-4-6-10(9)11;;/h2-7,10-16,20H,1H3;3-8H;;/q-6;-1;;+4. The van der Waals surface area contributed by atoms with Crippen LogP contribution in [0, 0.1) is 49.5 Å². The number of benzene rings is 4. The molecule has 0 N–H and O–H groups in total. The zero-order valence-electron chi connectivity index (χ0n) is 23.4. The SMILES string of the molecule is CN1C=CN(c2[c-]c(Oc3[c-]c(-c4[c-]c(-c5[c-]cccc5)ccn4)[c-]cc3)ccc2)[CH-]1.[C-]#Cn1ccc2ccccc21.[Pt+4].[Pt]. The molecule has 7 rings (SSSR count). The Balaban J connectivity index is 0.000000287. The molecule has 0 fully saturated rings. The third-order valence-corrected chi connectivity index (χ3v) is 6.38. The molecule has 0 saturated heterocycles. The van der Waals surface area contributed by atoms with E-state index in [1.54, 1.807) is 16.8 Å². The molecule has 0 amide bonds. The van der Waals surface area contributed by atoms with Gasteiger partial charge in [0.25, 0.3) is 0 Å². The summed E-state index contributed by atoms with van der Waals surface area (Å²) in [6.45, 7) is 1.97. The molecule has 5 nitrogen and oxygen atoms in total. The van der Waals surface area contributed by atoms with E-state index in [2.05, 4.69) is 41.4 Å². The molecule has 0 spiro atoms. The van der Waals surface area contributed by atoms with Crippen molar-refractivity contribution in [1.82, 2.24) is 14.5 Å². The third-order valence-electron chi connectivity index (χ3n) is 6.38. The van der Waals surface area contributed by atoms with E-state index in [4.69, 9.17) is 11.2 Å². The number of hydrogen-bond donors (Lipinski definition) is 0. The van der Waals surface area contributed by atoms with E-state index in [1.165, 1.54) is 0 Å². The van der Waals surface area contributed by atoms with Crippen LogP contribution in [0.25, 0.3) is 33.3 Å². The first-order chi connectivity index (χ1) is 20.7. The van der Waals surface area contributed by atoms with E-state index in [-0.39, 0.29) is 42.1 Å². The molecule has 0 atom stereocenters. The molecule has 0 bridgehead atoms. The molecule has 0 unspecified atom stereocenters. The summed E-state index contributed by atoms with van der Waals surface area (Å²) in [5.74, 6) is 1.17. The monoisotopic (exact) mass is 929 g/mol. The zero-order chi connectivity index (χ0) is 28.7. The molecular formula is C37H23N4OPt2-3. The van der Waals surface area contributed by atoms with Gasteiger partial charge in [0.1, 0.15) is 0 Å². The van der Waals surface area contributed by atoms with E-state index < -0.39 is 0 Å². The molecule has 3 heterocycles. The number of pyridine rings is 1. The summed E-state index contributed by atoms with van der Waals surface area (Å²) >= 11 is 0. The smallest absolute Gasteiger partial charge is 0.669 e. The van der Waals surface area contributed by atoms with Gasteiger partial charge in [-0.3, -0.25) is 12.1 Å². The van der Waals surface area contributed by atoms with Crippen LogP contribution >= 0.6 is 0 Å². The molecule has 7 heteroatoms. The normalized spacial score (nSPS) is 11.5. The Hall–Kier alpha value is -4.35. The van der Waals surface area contributed by atoms with Crippen LogP contribution in [0.3, 0.4) is 0 Å². The van der Waals surface area contributed by atoms with Crippen molar-refractivity contribution < 1.29 is 46.9 Å². The number of para-hydroxylation sites is 1. The quantitative estimate of drug-likeness (QED) is 0.132. The minimum absolute atomic E-state index is 0. The van der Waals surface area contributed by atoms with Gasteiger partial charge in [0.2, 0.25) is 0 Å². The Morgan fingerprint density at radius 1 is 0.818 bits per heavy atom. The minimum atomic E-state index is 0. The van der Waals surface area contributed by atoms with Gasteiger partial charge in [-0.2, -0.15) is 54.8 Å². The number of aromatic nitrogens is 2. The molecule has 220 valence electrons. The van der Waals surface area contributed by atoms with Crippen LogP contribution in [0.15, 0.2) is 116 Å². The van der Waals surface area contributed by atoms with Gasteiger partial charge in [0, 0.05) is 38.4 Å². The summed E-state index contributed by atoms with van der Waals surface area (Å²) in [6.07, 6.45) is 14.5. The van der Waals surface area contributed by atoms with Gasteiger partial charge in [-0.15, -0.1) is 30.0 Å². The number of ether oxygens (including phenoxy) is 1. The first-order valence-corrected chi connectivity index (χ1v) is 13.2. The van der Waals surface area contributed by atoms with E-state index in [0.29, 0.717) is 22.8 Å². The van der Waals surface area contributed by atoms with Crippen molar-refractivity contribution in [2.75, 3.05) is 11.9 Å². The number of anilines is 1. The summed E-state index contributed by atoms with van der Waals surface area (Å²) in [5, 5.41) is 1.15. The Morgan fingerprint density at radius 3 is 2.45 bits per heavy atom. The molecule has 0 radical (unpaired) electrons. The topological polar surface area (TPSA) is 33.5 Å².